The quantitative estimate of drug-likeness (QED) is 0.893. The van der Waals surface area contributed by atoms with E-state index in [0.29, 0.717) is 11.9 Å². The van der Waals surface area contributed by atoms with Crippen LogP contribution >= 0.6 is 0 Å². The molecule has 136 valence electrons. The number of fused-ring (bicyclic) bond motifs is 1. The van der Waals surface area contributed by atoms with Gasteiger partial charge in [0.25, 0.3) is 5.92 Å². The van der Waals surface area contributed by atoms with Gasteiger partial charge in [-0.25, -0.2) is 18.4 Å². The summed E-state index contributed by atoms with van der Waals surface area (Å²) in [7, 11) is 0. The molecule has 1 aliphatic heterocycles. The van der Waals surface area contributed by atoms with Crippen molar-refractivity contribution in [1.29, 1.82) is 0 Å². The lowest BCUT2D eigenvalue weighted by Gasteiger charge is -2.14. The number of halogens is 2. The van der Waals surface area contributed by atoms with Crippen molar-refractivity contribution in [2.75, 3.05) is 11.9 Å². The summed E-state index contributed by atoms with van der Waals surface area (Å²) in [4.78, 5) is 4.42. The van der Waals surface area contributed by atoms with Gasteiger partial charge in [-0.2, -0.15) is 5.10 Å². The topological polar surface area (TPSA) is 52.0 Å². The maximum atomic E-state index is 13.6. The Morgan fingerprint density at radius 3 is 2.60 bits per heavy atom. The first-order valence-electron chi connectivity index (χ1n) is 8.61. The standard InChI is InChI=1S/C18H24F2N4O/c1-11(2)15-16(13-5-6-14(21-9-13)22-12(3)4)23-24-8-7-18(19,20)10-25-17(15)24/h5-6,9,11-12H,7-8,10H2,1-4H3,(H,21,22). The van der Waals surface area contributed by atoms with Crippen molar-refractivity contribution in [2.45, 2.75) is 58.5 Å². The van der Waals surface area contributed by atoms with Crippen molar-refractivity contribution in [3.63, 3.8) is 0 Å². The normalized spacial score (nSPS) is 16.5. The predicted octanol–water partition coefficient (Wildman–Crippen LogP) is 4.31. The minimum Gasteiger partial charge on any atom is -0.471 e. The van der Waals surface area contributed by atoms with Crippen molar-refractivity contribution in [1.82, 2.24) is 14.8 Å². The number of ether oxygens (including phenoxy) is 1. The molecule has 0 radical (unpaired) electrons. The molecule has 0 amide bonds. The van der Waals surface area contributed by atoms with E-state index in [1.54, 1.807) is 10.9 Å². The van der Waals surface area contributed by atoms with Gasteiger partial charge in [-0.1, -0.05) is 13.8 Å². The summed E-state index contributed by atoms with van der Waals surface area (Å²) < 4.78 is 34.3. The molecule has 5 nitrogen and oxygen atoms in total. The average Bonchev–Trinajstić information content (AvgIpc) is 2.83. The maximum absolute atomic E-state index is 13.6. The Bertz CT molecular complexity index is 738. The molecule has 2 aromatic rings. The van der Waals surface area contributed by atoms with Gasteiger partial charge in [-0.3, -0.25) is 0 Å². The van der Waals surface area contributed by atoms with Crippen molar-refractivity contribution in [2.24, 2.45) is 0 Å². The van der Waals surface area contributed by atoms with Crippen LogP contribution in [0.5, 0.6) is 5.88 Å². The summed E-state index contributed by atoms with van der Waals surface area (Å²) in [6.07, 6.45) is 1.49. The van der Waals surface area contributed by atoms with E-state index in [4.69, 9.17) is 4.74 Å². The molecule has 3 heterocycles. The number of anilines is 1. The first kappa shape index (κ1) is 17.6. The van der Waals surface area contributed by atoms with E-state index in [0.717, 1.165) is 22.6 Å². The number of aromatic nitrogens is 3. The maximum Gasteiger partial charge on any atom is 0.283 e. The van der Waals surface area contributed by atoms with E-state index in [1.165, 1.54) is 0 Å². The number of pyridine rings is 1. The van der Waals surface area contributed by atoms with E-state index in [1.807, 2.05) is 39.8 Å². The van der Waals surface area contributed by atoms with Gasteiger partial charge in [0, 0.05) is 29.8 Å². The molecular weight excluding hydrogens is 326 g/mol. The average molecular weight is 350 g/mol. The zero-order valence-electron chi connectivity index (χ0n) is 15.0. The van der Waals surface area contributed by atoms with Crippen LogP contribution in [0.2, 0.25) is 0 Å². The fourth-order valence-electron chi connectivity index (χ4n) is 2.93. The molecule has 0 aromatic carbocycles. The molecule has 25 heavy (non-hydrogen) atoms. The van der Waals surface area contributed by atoms with E-state index in [9.17, 15) is 8.78 Å². The molecular formula is C18H24F2N4O. The molecule has 0 fully saturated rings. The summed E-state index contributed by atoms with van der Waals surface area (Å²) in [5.74, 6) is -1.48. The lowest BCUT2D eigenvalue weighted by molar-refractivity contribution is -0.0428. The molecule has 3 rings (SSSR count). The molecule has 7 heteroatoms. The van der Waals surface area contributed by atoms with E-state index >= 15 is 0 Å². The lowest BCUT2D eigenvalue weighted by Crippen LogP contribution is -2.24. The molecule has 1 N–H and O–H groups in total. The summed E-state index contributed by atoms with van der Waals surface area (Å²) in [6.45, 7) is 7.65. The number of hydrogen-bond donors (Lipinski definition) is 1. The third kappa shape index (κ3) is 3.75. The van der Waals surface area contributed by atoms with Gasteiger partial charge in [0.15, 0.2) is 6.61 Å². The second-order valence-corrected chi connectivity index (χ2v) is 7.07. The smallest absolute Gasteiger partial charge is 0.283 e. The summed E-state index contributed by atoms with van der Waals surface area (Å²) in [5.41, 5.74) is 2.46. The first-order valence-corrected chi connectivity index (χ1v) is 8.61. The molecule has 0 atom stereocenters. The number of nitrogens with zero attached hydrogens (tertiary/aromatic N) is 3. The molecule has 0 aliphatic carbocycles. The third-order valence-electron chi connectivity index (χ3n) is 4.10. The van der Waals surface area contributed by atoms with Gasteiger partial charge < -0.3 is 10.1 Å². The zero-order valence-corrected chi connectivity index (χ0v) is 15.0. The molecule has 0 unspecified atom stereocenters. The van der Waals surface area contributed by atoms with Crippen molar-refractivity contribution in [3.8, 4) is 17.1 Å². The van der Waals surface area contributed by atoms with Crippen LogP contribution in [0.25, 0.3) is 11.3 Å². The Balaban J connectivity index is 1.97. The van der Waals surface area contributed by atoms with Crippen LogP contribution in [-0.2, 0) is 6.54 Å². The summed E-state index contributed by atoms with van der Waals surface area (Å²) in [6, 6.07) is 4.14. The molecule has 0 spiro atoms. The molecule has 0 bridgehead atoms. The van der Waals surface area contributed by atoms with Crippen LogP contribution < -0.4 is 10.1 Å². The third-order valence-corrected chi connectivity index (χ3v) is 4.10. The van der Waals surface area contributed by atoms with Crippen molar-refractivity contribution in [3.05, 3.63) is 23.9 Å². The Kier molecular flexibility index (Phi) is 4.67. The molecule has 0 saturated heterocycles. The fraction of sp³-hybridized carbons (Fsp3) is 0.556. The second kappa shape index (κ2) is 6.61. The number of hydrogen-bond acceptors (Lipinski definition) is 4. The monoisotopic (exact) mass is 350 g/mol. The highest BCUT2D eigenvalue weighted by Gasteiger charge is 2.35. The Morgan fingerprint density at radius 1 is 1.24 bits per heavy atom. The largest absolute Gasteiger partial charge is 0.471 e. The Hall–Kier alpha value is -2.18. The van der Waals surface area contributed by atoms with E-state index < -0.39 is 12.5 Å². The highest BCUT2D eigenvalue weighted by Crippen LogP contribution is 2.39. The van der Waals surface area contributed by atoms with Crippen LogP contribution in [0, 0.1) is 0 Å². The van der Waals surface area contributed by atoms with Crippen LogP contribution in [0.1, 0.15) is 45.6 Å². The highest BCUT2D eigenvalue weighted by molar-refractivity contribution is 5.66. The second-order valence-electron chi connectivity index (χ2n) is 7.07. The van der Waals surface area contributed by atoms with Gasteiger partial charge in [-0.15, -0.1) is 0 Å². The van der Waals surface area contributed by atoms with Crippen LogP contribution in [0.4, 0.5) is 14.6 Å². The van der Waals surface area contributed by atoms with Gasteiger partial charge in [-0.05, 0) is 31.9 Å². The van der Waals surface area contributed by atoms with Crippen LogP contribution in [0.15, 0.2) is 18.3 Å². The lowest BCUT2D eigenvalue weighted by atomic mass is 10.00. The highest BCUT2D eigenvalue weighted by atomic mass is 19.3. The Morgan fingerprint density at radius 2 is 2.00 bits per heavy atom. The van der Waals surface area contributed by atoms with Gasteiger partial charge in [0.2, 0.25) is 5.88 Å². The van der Waals surface area contributed by atoms with Gasteiger partial charge in [0.05, 0.1) is 6.54 Å². The first-order chi connectivity index (χ1) is 11.8. The molecule has 1 aliphatic rings. The zero-order chi connectivity index (χ0) is 18.2. The fourth-order valence-corrected chi connectivity index (χ4v) is 2.93. The van der Waals surface area contributed by atoms with Crippen molar-refractivity contribution < 1.29 is 13.5 Å². The number of aryl methyl sites for hydroxylation is 1. The van der Waals surface area contributed by atoms with Crippen LogP contribution in [0.3, 0.4) is 0 Å². The minimum atomic E-state index is -2.82. The van der Waals surface area contributed by atoms with Gasteiger partial charge in [0.1, 0.15) is 11.5 Å². The van der Waals surface area contributed by atoms with Crippen LogP contribution in [-0.4, -0.2) is 33.3 Å². The molecule has 0 saturated carbocycles. The van der Waals surface area contributed by atoms with E-state index in [2.05, 4.69) is 15.4 Å². The number of alkyl halides is 2. The molecule has 2 aromatic heterocycles. The predicted molar refractivity (Wildman–Crippen MR) is 93.4 cm³/mol. The number of rotatable bonds is 4. The van der Waals surface area contributed by atoms with E-state index in [-0.39, 0.29) is 18.9 Å². The summed E-state index contributed by atoms with van der Waals surface area (Å²) in [5, 5.41) is 7.80. The van der Waals surface area contributed by atoms with Gasteiger partial charge >= 0.3 is 0 Å². The SMILES string of the molecule is CC(C)Nc1ccc(-c2nn3c(c2C(C)C)OCC(F)(F)CC3)cn1. The number of nitrogens with one attached hydrogen (secondary N) is 1. The van der Waals surface area contributed by atoms with Crippen molar-refractivity contribution >= 4 is 5.82 Å². The Labute approximate surface area is 146 Å². The summed E-state index contributed by atoms with van der Waals surface area (Å²) >= 11 is 0. The minimum absolute atomic E-state index is 0.0962.